The predicted octanol–water partition coefficient (Wildman–Crippen LogP) is 20.5. The van der Waals surface area contributed by atoms with Crippen LogP contribution in [0.5, 0.6) is 0 Å². The van der Waals surface area contributed by atoms with Gasteiger partial charge < -0.3 is 0 Å². The van der Waals surface area contributed by atoms with E-state index in [9.17, 15) is 0 Å². The largest absolute Gasteiger partial charge is 0.212 e. The summed E-state index contributed by atoms with van der Waals surface area (Å²) in [4.78, 5) is 0. The fourth-order valence-electron chi connectivity index (χ4n) is 12.3. The van der Waals surface area contributed by atoms with Crippen LogP contribution >= 0.6 is 0 Å². The van der Waals surface area contributed by atoms with Crippen molar-refractivity contribution in [3.8, 4) is 56.3 Å². The second kappa shape index (κ2) is 34.5. The summed E-state index contributed by atoms with van der Waals surface area (Å²) >= 11 is 0. The Morgan fingerprint density at radius 3 is 1.13 bits per heavy atom. The van der Waals surface area contributed by atoms with E-state index in [2.05, 4.69) is 71.0 Å². The van der Waals surface area contributed by atoms with Crippen molar-refractivity contribution in [1.82, 2.24) is 0 Å². The Balaban J connectivity index is 0.000000201. The van der Waals surface area contributed by atoms with Crippen molar-refractivity contribution in [2.24, 2.45) is 47.1 Å². The number of hydrogen-bond acceptors (Lipinski definition) is 0. The third kappa shape index (κ3) is 19.5. The number of aromatic nitrogens is 5. The first-order chi connectivity index (χ1) is 53.4. The van der Waals surface area contributed by atoms with Gasteiger partial charge in [0.05, 0.1) is 0 Å². The second-order valence-electron chi connectivity index (χ2n) is 26.4. The van der Waals surface area contributed by atoms with Crippen molar-refractivity contribution in [2.75, 3.05) is 0 Å². The lowest BCUT2D eigenvalue weighted by molar-refractivity contribution is -0.661. The Morgan fingerprint density at radius 1 is 0.411 bits per heavy atom. The van der Waals surface area contributed by atoms with Crippen LogP contribution in [0.4, 0.5) is 0 Å². The first-order valence-corrected chi connectivity index (χ1v) is 33.4. The average Bonchev–Trinajstić information content (AvgIpc) is 0.885. The van der Waals surface area contributed by atoms with E-state index in [1.165, 1.54) is 25.0 Å². The van der Waals surface area contributed by atoms with E-state index < -0.39 is 58.8 Å². The molecule has 95 heavy (non-hydrogen) atoms. The van der Waals surface area contributed by atoms with E-state index >= 15 is 0 Å². The molecule has 0 aliphatic heterocycles. The molecule has 0 radical (unpaired) electrons. The third-order valence-electron chi connectivity index (χ3n) is 17.5. The Labute approximate surface area is 605 Å². The summed E-state index contributed by atoms with van der Waals surface area (Å²) in [6, 6.07) is 49.4. The molecule has 5 heterocycles. The number of benzene rings is 5. The Kier molecular flexibility index (Phi) is 17.9. The van der Waals surface area contributed by atoms with Gasteiger partial charge >= 0.3 is 0 Å². The average molecular weight is 1290 g/mol. The summed E-state index contributed by atoms with van der Waals surface area (Å²) in [5.74, 6) is -2.44. The van der Waals surface area contributed by atoms with Gasteiger partial charge in [0, 0.05) is 115 Å². The second-order valence-corrected chi connectivity index (χ2v) is 26.4. The fraction of sp³-hybridized carbons (Fsp3) is 0.389. The molecule has 1 aliphatic rings. The molecule has 1 saturated carbocycles. The van der Waals surface area contributed by atoms with Crippen molar-refractivity contribution in [3.05, 3.63) is 266 Å². The number of hydrogen-bond donors (Lipinski definition) is 0. The topological polar surface area (TPSA) is 19.4 Å². The molecule has 1 unspecified atom stereocenters. The molecule has 5 nitrogen and oxygen atoms in total. The molecule has 1 fully saturated rings. The first kappa shape index (κ1) is 49.4. The van der Waals surface area contributed by atoms with Crippen molar-refractivity contribution in [2.45, 2.75) is 187 Å². The van der Waals surface area contributed by atoms with Gasteiger partial charge in [-0.1, -0.05) is 166 Å². The summed E-state index contributed by atoms with van der Waals surface area (Å²) in [6.45, 7) is 13.4. The third-order valence-corrected chi connectivity index (χ3v) is 17.5. The van der Waals surface area contributed by atoms with E-state index in [0.717, 1.165) is 116 Å². The van der Waals surface area contributed by atoms with Crippen LogP contribution in [0, 0.1) is 73.9 Å². The lowest BCUT2D eigenvalue weighted by atomic mass is 9.92. The summed E-state index contributed by atoms with van der Waals surface area (Å²) in [5, 5.41) is 0. The van der Waals surface area contributed by atoms with Gasteiger partial charge in [-0.05, 0) is 210 Å². The van der Waals surface area contributed by atoms with E-state index in [1.807, 2.05) is 166 Å². The van der Waals surface area contributed by atoms with Gasteiger partial charge in [-0.3, -0.25) is 0 Å². The number of rotatable bonds is 13. The normalized spacial score (nSPS) is 17.2. The molecule has 0 amide bonds. The number of nitrogens with zero attached hydrogens (tertiary/aromatic N) is 5. The minimum absolute atomic E-state index is 0.0704. The van der Waals surface area contributed by atoms with Gasteiger partial charge in [-0.2, -0.15) is 0 Å². The molecule has 5 heteroatoms. The molecule has 1 aliphatic carbocycles. The van der Waals surface area contributed by atoms with Gasteiger partial charge in [-0.15, -0.1) is 0 Å². The molecule has 11 rings (SSSR count). The molecule has 5 aromatic carbocycles. The van der Waals surface area contributed by atoms with Crippen molar-refractivity contribution >= 4 is 0 Å². The smallest absolute Gasteiger partial charge is 0.201 e. The molecular formula is C90H118N5+5. The Bertz CT molecular complexity index is 4970. The van der Waals surface area contributed by atoms with Crippen LogP contribution in [-0.4, -0.2) is 0 Å². The molecule has 1 atom stereocenters. The van der Waals surface area contributed by atoms with Crippen LogP contribution in [0.25, 0.3) is 56.3 Å². The van der Waals surface area contributed by atoms with Crippen LogP contribution in [0.2, 0.25) is 0 Å². The summed E-state index contributed by atoms with van der Waals surface area (Å²) in [5.41, 5.74) is 20.0. The summed E-state index contributed by atoms with van der Waals surface area (Å²) in [6.07, 6.45) is 9.08. The van der Waals surface area contributed by atoms with Crippen LogP contribution in [0.3, 0.4) is 0 Å². The highest BCUT2D eigenvalue weighted by Crippen LogP contribution is 2.37. The molecule has 0 spiro atoms. The monoisotopic (exact) mass is 1290 g/mol. The highest BCUT2D eigenvalue weighted by Gasteiger charge is 2.25. The van der Waals surface area contributed by atoms with Gasteiger partial charge in [0.15, 0.2) is 31.0 Å². The van der Waals surface area contributed by atoms with Gasteiger partial charge in [-0.25, -0.2) is 22.8 Å². The maximum Gasteiger partial charge on any atom is 0.212 e. The molecule has 0 N–H and O–H groups in total. The first-order valence-electron chi connectivity index (χ1n) is 43.9. The predicted molar refractivity (Wildman–Crippen MR) is 404 cm³/mol. The minimum atomic E-state index is -2.57. The van der Waals surface area contributed by atoms with Crippen LogP contribution in [0.1, 0.15) is 218 Å². The van der Waals surface area contributed by atoms with E-state index in [4.69, 9.17) is 28.8 Å². The van der Waals surface area contributed by atoms with Crippen LogP contribution in [-0.2, 0) is 54.4 Å². The van der Waals surface area contributed by atoms with E-state index in [1.54, 1.807) is 80.2 Å². The summed E-state index contributed by atoms with van der Waals surface area (Å²) < 4.78 is 177. The lowest BCUT2D eigenvalue weighted by Gasteiger charge is -2.14. The zero-order valence-electron chi connectivity index (χ0n) is 80.8. The van der Waals surface area contributed by atoms with Gasteiger partial charge in [0.25, 0.3) is 0 Å². The molecule has 5 aromatic heterocycles. The fourth-order valence-corrected chi connectivity index (χ4v) is 12.3. The molecule has 10 aromatic rings. The zero-order valence-corrected chi connectivity index (χ0v) is 59.8. The van der Waals surface area contributed by atoms with Crippen LogP contribution < -0.4 is 22.8 Å². The zero-order chi connectivity index (χ0) is 87.3. The van der Waals surface area contributed by atoms with Crippen molar-refractivity contribution in [1.29, 1.82) is 0 Å². The highest BCUT2D eigenvalue weighted by atomic mass is 14.9. The standard InChI is InChI=1S/C19H24N.3C18H24N.C17H22N/c1-14-8-4-7-11-17(14)19-12-18(15(2)13-20(19)3)16-9-5-6-10-16;2*1-13(2)10-16-11-18(19(5)12-15(16)4)17-9-7-6-8-14(17)3;1-6-15-11-18(16-10-8-7-9-14(16)4)19(5)12-17(15)13(2)3;1-12(2)16-10-17(18(5)11-14(16)4)15-9-7-6-8-13(15)3/h4,7-8,11-13,16H,5-6,9-10H2,1-3H3;2*6-9,11-13H,10H2,1-5H3;7-13H,6H2,1-5H3;6-12H,1-5H3/q5*+1/i2D3,16D;4D3,10D2;4D3;2D3,6D2,13D;4D3. The van der Waals surface area contributed by atoms with Gasteiger partial charge in [0.2, 0.25) is 28.5 Å². The van der Waals surface area contributed by atoms with Crippen molar-refractivity contribution in [3.63, 3.8) is 0 Å². The Morgan fingerprint density at radius 2 is 0.758 bits per heavy atom. The van der Waals surface area contributed by atoms with Gasteiger partial charge in [0.1, 0.15) is 35.2 Å². The SMILES string of the molecule is [2H]C([2H])(C)c1cc(-c2ccccc2C)[n+](C)cc1C([2H])(C)C([2H])([2H])[2H].[2H]C([2H])([2H])c1c[n+](C)c(-c2ccccc2C)cc1C(C)C.[2H]C([2H])([2H])c1c[n+](C)c(-c2ccccc2C)cc1C([2H])([2H])C(C)C.[2H]C([2H])([2H])c1c[n+](C)c(-c2ccccc2C)cc1C1([2H])CCCC1.[2H]C([2H])([2H])c1c[n+](C)c(-c2ccccc2C)cc1CC(C)C. The number of aryl methyl sites for hydroxylation is 15. The maximum absolute atomic E-state index is 8.87. The van der Waals surface area contributed by atoms with Crippen LogP contribution in [0.15, 0.2) is 183 Å². The molecule has 498 valence electrons. The highest BCUT2D eigenvalue weighted by molar-refractivity contribution is 5.65. The summed E-state index contributed by atoms with van der Waals surface area (Å²) in [7, 11) is 9.28. The van der Waals surface area contributed by atoms with E-state index in [-0.39, 0.29) is 34.1 Å². The number of pyridine rings is 5. The Hall–Kier alpha value is -8.15. The lowest BCUT2D eigenvalue weighted by Crippen LogP contribution is -2.32. The molecule has 0 saturated heterocycles. The quantitative estimate of drug-likeness (QED) is 0.103. The minimum Gasteiger partial charge on any atom is -0.201 e. The van der Waals surface area contributed by atoms with Crippen molar-refractivity contribution < 1.29 is 51.6 Å². The van der Waals surface area contributed by atoms with E-state index in [0.29, 0.717) is 28.2 Å². The molecular weight excluding hydrogens is 1150 g/mol. The molecule has 0 bridgehead atoms. The maximum atomic E-state index is 8.87.